The summed E-state index contributed by atoms with van der Waals surface area (Å²) in [6.07, 6.45) is 10.2. The van der Waals surface area contributed by atoms with Gasteiger partial charge in [-0.25, -0.2) is 4.98 Å². The zero-order valence-electron chi connectivity index (χ0n) is 35.0. The number of aliphatic hydroxyl groups excluding tert-OH is 1. The molecule has 13 heteroatoms. The first kappa shape index (κ1) is 44.0. The number of pyridine rings is 2. The number of fused-ring (bicyclic) bond motifs is 5. The van der Waals surface area contributed by atoms with Crippen LogP contribution in [0.25, 0.3) is 32.9 Å². The molecular formula is C47H58ClN9O3. The minimum Gasteiger partial charge on any atom is -0.497 e. The van der Waals surface area contributed by atoms with E-state index in [1.54, 1.807) is 20.4 Å². The highest BCUT2D eigenvalue weighted by Gasteiger charge is 2.42. The van der Waals surface area contributed by atoms with Crippen LogP contribution in [0.3, 0.4) is 0 Å². The van der Waals surface area contributed by atoms with Gasteiger partial charge in [-0.2, -0.15) is 4.98 Å². The maximum Gasteiger partial charge on any atom is 0.222 e. The summed E-state index contributed by atoms with van der Waals surface area (Å²) in [6, 6.07) is 23.7. The van der Waals surface area contributed by atoms with E-state index in [0.29, 0.717) is 28.7 Å². The first-order valence-electron chi connectivity index (χ1n) is 20.6. The molecule has 6 atom stereocenters. The Bertz CT molecular complexity index is 2360. The molecule has 3 saturated heterocycles. The number of methoxy groups -OCH3 is 2. The predicted molar refractivity (Wildman–Crippen MR) is 245 cm³/mol. The Morgan fingerprint density at radius 2 is 1.78 bits per heavy atom. The standard InChI is InChI=1S/C20H24N2O2.C15H21N3O.C12H13ClN4/c1-3-13-12-22-9-7-14(13)10-19(22)20(23)16-6-8-21-18-5-4-15(24-2)11-17(16)18;1-11(5-3-7-16)18-14-10-13(19-2)9-12-6-4-8-17-15(12)14;1-2-9-10(11(14)17-12(15)16-9)7-3-5-8(13)6-4-7/h3-6,8,11,13-14,19-20,23H,1,7,9-10,12H2,2H3;4,6,8-11,18H,3,5,7,16H2,1-2H3;3-6H,2H2,1H3,(H4,14,15,16,17). The Kier molecular flexibility index (Phi) is 15.1. The van der Waals surface area contributed by atoms with E-state index in [4.69, 9.17) is 38.3 Å². The van der Waals surface area contributed by atoms with Crippen molar-refractivity contribution in [2.75, 3.05) is 50.6 Å². The highest BCUT2D eigenvalue weighted by Crippen LogP contribution is 2.42. The van der Waals surface area contributed by atoms with Crippen LogP contribution in [0.5, 0.6) is 11.5 Å². The van der Waals surface area contributed by atoms with Gasteiger partial charge in [-0.05, 0) is 124 Å². The van der Waals surface area contributed by atoms with Crippen LogP contribution < -0.4 is 32.0 Å². The number of hydrogen-bond donors (Lipinski definition) is 5. The van der Waals surface area contributed by atoms with E-state index in [1.165, 1.54) is 6.42 Å². The number of rotatable bonds is 12. The third-order valence-corrected chi connectivity index (χ3v) is 11.7. The number of ether oxygens (including phenoxy) is 2. The topological polar surface area (TPSA) is 184 Å². The lowest BCUT2D eigenvalue weighted by Gasteiger charge is -2.50. The fourth-order valence-corrected chi connectivity index (χ4v) is 8.46. The van der Waals surface area contributed by atoms with Gasteiger partial charge in [0.05, 0.1) is 42.7 Å². The first-order chi connectivity index (χ1) is 29.1. The number of nitrogens with zero attached hydrogens (tertiary/aromatic N) is 5. The second kappa shape index (κ2) is 20.6. The van der Waals surface area contributed by atoms with E-state index in [0.717, 1.165) is 107 Å². The lowest BCUT2D eigenvalue weighted by Crippen LogP contribution is -2.54. The van der Waals surface area contributed by atoms with Crippen molar-refractivity contribution < 1.29 is 14.6 Å². The van der Waals surface area contributed by atoms with E-state index in [1.807, 2.05) is 85.9 Å². The minimum absolute atomic E-state index is 0.178. The number of aromatic nitrogens is 4. The van der Waals surface area contributed by atoms with Crippen molar-refractivity contribution in [3.05, 3.63) is 114 Å². The van der Waals surface area contributed by atoms with Crippen molar-refractivity contribution >= 4 is 50.9 Å². The molecule has 316 valence electrons. The van der Waals surface area contributed by atoms with Crippen LogP contribution >= 0.6 is 11.6 Å². The average molecular weight is 832 g/mol. The Balaban J connectivity index is 0.000000154. The third kappa shape index (κ3) is 10.4. The van der Waals surface area contributed by atoms with E-state index in [-0.39, 0.29) is 12.0 Å². The zero-order chi connectivity index (χ0) is 42.8. The second-order valence-corrected chi connectivity index (χ2v) is 15.8. The molecule has 0 radical (unpaired) electrons. The van der Waals surface area contributed by atoms with Crippen molar-refractivity contribution in [3.63, 3.8) is 0 Å². The number of hydrogen-bond acceptors (Lipinski definition) is 12. The SMILES string of the molecule is C=CC1CN2CCC1CC2C(O)c1ccnc2ccc(OC)cc12.CCc1nc(N)nc(N)c1-c1ccc(Cl)cc1.COc1cc(NC(C)CCCN)c2ncccc2c1. The van der Waals surface area contributed by atoms with E-state index >= 15 is 0 Å². The van der Waals surface area contributed by atoms with E-state index < -0.39 is 6.10 Å². The summed E-state index contributed by atoms with van der Waals surface area (Å²) < 4.78 is 10.7. The summed E-state index contributed by atoms with van der Waals surface area (Å²) in [7, 11) is 3.34. The van der Waals surface area contributed by atoms with Gasteiger partial charge >= 0.3 is 0 Å². The van der Waals surface area contributed by atoms with Crippen molar-refractivity contribution in [2.45, 2.75) is 64.1 Å². The molecule has 12 nitrogen and oxygen atoms in total. The summed E-state index contributed by atoms with van der Waals surface area (Å²) in [5, 5.41) is 17.4. The number of anilines is 3. The van der Waals surface area contributed by atoms with Crippen molar-refractivity contribution in [3.8, 4) is 22.6 Å². The smallest absolute Gasteiger partial charge is 0.222 e. The van der Waals surface area contributed by atoms with Crippen LogP contribution in [-0.4, -0.2) is 75.9 Å². The number of benzene rings is 3. The van der Waals surface area contributed by atoms with Crippen molar-refractivity contribution in [1.29, 1.82) is 0 Å². The molecule has 8 N–H and O–H groups in total. The second-order valence-electron chi connectivity index (χ2n) is 15.3. The molecule has 9 rings (SSSR count). The molecule has 3 aliphatic heterocycles. The summed E-state index contributed by atoms with van der Waals surface area (Å²) in [5.41, 5.74) is 23.5. The van der Waals surface area contributed by atoms with Gasteiger partial charge in [0.1, 0.15) is 17.3 Å². The molecule has 3 fully saturated rings. The number of halogens is 1. The van der Waals surface area contributed by atoms with Crippen LogP contribution in [0.1, 0.15) is 56.9 Å². The summed E-state index contributed by atoms with van der Waals surface area (Å²) in [6.45, 7) is 11.0. The molecule has 6 aromatic rings. The molecule has 2 bridgehead atoms. The van der Waals surface area contributed by atoms with Crippen LogP contribution in [0.15, 0.2) is 97.8 Å². The number of aryl methyl sites for hydroxylation is 1. The summed E-state index contributed by atoms with van der Waals surface area (Å²) in [5.74, 6) is 3.45. The Morgan fingerprint density at radius 1 is 1.00 bits per heavy atom. The molecule has 3 aromatic carbocycles. The van der Waals surface area contributed by atoms with Crippen molar-refractivity contribution in [2.24, 2.45) is 17.6 Å². The number of nitrogens with one attached hydrogen (secondary N) is 1. The number of aliphatic hydroxyl groups is 1. The zero-order valence-corrected chi connectivity index (χ0v) is 35.8. The van der Waals surface area contributed by atoms with Gasteiger partial charge < -0.3 is 37.1 Å². The van der Waals surface area contributed by atoms with E-state index in [2.05, 4.69) is 49.7 Å². The first-order valence-corrected chi connectivity index (χ1v) is 21.0. The van der Waals surface area contributed by atoms with Crippen LogP contribution in [-0.2, 0) is 6.42 Å². The number of piperidine rings is 3. The van der Waals surface area contributed by atoms with Gasteiger partial charge in [0.2, 0.25) is 5.95 Å². The average Bonchev–Trinajstić information content (AvgIpc) is 3.28. The lowest BCUT2D eigenvalue weighted by atomic mass is 9.73. The van der Waals surface area contributed by atoms with Crippen LogP contribution in [0, 0.1) is 11.8 Å². The molecule has 60 heavy (non-hydrogen) atoms. The molecule has 0 aliphatic carbocycles. The maximum atomic E-state index is 11.2. The van der Waals surface area contributed by atoms with Gasteiger partial charge in [0.15, 0.2) is 0 Å². The Morgan fingerprint density at radius 3 is 2.47 bits per heavy atom. The van der Waals surface area contributed by atoms with Gasteiger partial charge in [-0.1, -0.05) is 42.8 Å². The van der Waals surface area contributed by atoms with Gasteiger partial charge in [0.25, 0.3) is 0 Å². The van der Waals surface area contributed by atoms with Gasteiger partial charge in [-0.3, -0.25) is 14.9 Å². The molecule has 0 amide bonds. The van der Waals surface area contributed by atoms with Crippen LogP contribution in [0.2, 0.25) is 5.02 Å². The molecule has 6 heterocycles. The Hall–Kier alpha value is -5.53. The number of nitrogen functional groups attached to an aromatic ring is 2. The summed E-state index contributed by atoms with van der Waals surface area (Å²) >= 11 is 5.86. The normalized spacial score (nSPS) is 19.0. The quantitative estimate of drug-likeness (QED) is 0.0743. The number of nitrogens with two attached hydrogens (primary N) is 3. The van der Waals surface area contributed by atoms with Gasteiger partial charge in [-0.15, -0.1) is 6.58 Å². The molecule has 0 spiro atoms. The van der Waals surface area contributed by atoms with E-state index in [9.17, 15) is 5.11 Å². The molecule has 3 aromatic heterocycles. The minimum atomic E-state index is -0.504. The monoisotopic (exact) mass is 831 g/mol. The molecule has 3 aliphatic rings. The third-order valence-electron chi connectivity index (χ3n) is 11.5. The summed E-state index contributed by atoms with van der Waals surface area (Å²) in [4.78, 5) is 19.5. The fraction of sp³-hybridized carbons (Fsp3) is 0.362. The van der Waals surface area contributed by atoms with Crippen LogP contribution in [0.4, 0.5) is 17.5 Å². The molecule has 6 unspecified atom stereocenters. The molecule has 0 saturated carbocycles. The highest BCUT2D eigenvalue weighted by molar-refractivity contribution is 6.30. The van der Waals surface area contributed by atoms with Crippen molar-refractivity contribution in [1.82, 2.24) is 24.8 Å². The largest absolute Gasteiger partial charge is 0.497 e. The predicted octanol–water partition coefficient (Wildman–Crippen LogP) is 8.48. The van der Waals surface area contributed by atoms with Gasteiger partial charge in [0, 0.05) is 58.4 Å². The lowest BCUT2D eigenvalue weighted by molar-refractivity contribution is -0.0444. The fourth-order valence-electron chi connectivity index (χ4n) is 8.33. The highest BCUT2D eigenvalue weighted by atomic mass is 35.5. The Labute approximate surface area is 358 Å². The maximum absolute atomic E-state index is 11.2. The molecular weight excluding hydrogens is 774 g/mol.